The van der Waals surface area contributed by atoms with Crippen LogP contribution < -0.4 is 5.32 Å². The van der Waals surface area contributed by atoms with E-state index in [1.807, 2.05) is 18.2 Å². The maximum absolute atomic E-state index is 13.0. The zero-order chi connectivity index (χ0) is 12.4. The smallest absolute Gasteiger partial charge is 0.184 e. The molecule has 0 radical (unpaired) electrons. The first kappa shape index (κ1) is 11.2. The fourth-order valence-electron chi connectivity index (χ4n) is 1.75. The summed E-state index contributed by atoms with van der Waals surface area (Å²) in [5.74, 6) is -0.248. The Morgan fingerprint density at radius 3 is 2.78 bits per heavy atom. The van der Waals surface area contributed by atoms with E-state index in [2.05, 4.69) is 22.4 Å². The highest BCUT2D eigenvalue weighted by Crippen LogP contribution is 2.26. The van der Waals surface area contributed by atoms with Crippen LogP contribution in [-0.2, 0) is 6.54 Å². The summed E-state index contributed by atoms with van der Waals surface area (Å²) in [7, 11) is 0. The first-order valence-corrected chi connectivity index (χ1v) is 6.47. The minimum atomic E-state index is -0.248. The van der Waals surface area contributed by atoms with Crippen molar-refractivity contribution in [3.05, 3.63) is 59.9 Å². The van der Waals surface area contributed by atoms with Crippen LogP contribution in [0.2, 0.25) is 0 Å². The van der Waals surface area contributed by atoms with Crippen LogP contribution >= 0.6 is 11.3 Å². The van der Waals surface area contributed by atoms with Gasteiger partial charge in [0.2, 0.25) is 0 Å². The van der Waals surface area contributed by atoms with E-state index in [4.69, 9.17) is 0 Å². The van der Waals surface area contributed by atoms with E-state index >= 15 is 0 Å². The number of rotatable bonds is 3. The molecule has 2 aromatic carbocycles. The number of benzene rings is 2. The van der Waals surface area contributed by atoms with Crippen LogP contribution in [0.4, 0.5) is 9.52 Å². The molecule has 0 bridgehead atoms. The largest absolute Gasteiger partial charge is 0.357 e. The minimum absolute atomic E-state index is 0.248. The van der Waals surface area contributed by atoms with Crippen LogP contribution in [0.15, 0.2) is 48.5 Å². The minimum Gasteiger partial charge on any atom is -0.357 e. The lowest BCUT2D eigenvalue weighted by Crippen LogP contribution is -1.97. The molecular weight excluding hydrogens is 247 g/mol. The van der Waals surface area contributed by atoms with Gasteiger partial charge in [-0.25, -0.2) is 9.37 Å². The monoisotopic (exact) mass is 258 g/mol. The van der Waals surface area contributed by atoms with Gasteiger partial charge in [-0.1, -0.05) is 41.7 Å². The summed E-state index contributed by atoms with van der Waals surface area (Å²) in [5, 5.41) is 4.07. The average molecular weight is 258 g/mol. The van der Waals surface area contributed by atoms with E-state index in [0.717, 1.165) is 16.4 Å². The number of thiazole rings is 1. The Bertz CT molecular complexity index is 664. The van der Waals surface area contributed by atoms with Crippen molar-refractivity contribution < 1.29 is 4.39 Å². The molecule has 0 unspecified atom stereocenters. The normalized spacial score (nSPS) is 10.7. The molecule has 4 heteroatoms. The molecule has 2 nitrogen and oxygen atoms in total. The van der Waals surface area contributed by atoms with Crippen LogP contribution in [0.1, 0.15) is 5.56 Å². The van der Waals surface area contributed by atoms with E-state index in [0.29, 0.717) is 5.52 Å². The molecule has 0 saturated heterocycles. The summed E-state index contributed by atoms with van der Waals surface area (Å²) in [6.07, 6.45) is 0. The number of halogens is 1. The first-order chi connectivity index (χ1) is 8.81. The average Bonchev–Trinajstić information content (AvgIpc) is 2.79. The number of hydrogen-bond donors (Lipinski definition) is 1. The maximum Gasteiger partial charge on any atom is 0.184 e. The topological polar surface area (TPSA) is 24.9 Å². The van der Waals surface area contributed by atoms with Gasteiger partial charge in [-0.05, 0) is 17.7 Å². The number of fused-ring (bicyclic) bond motifs is 1. The van der Waals surface area contributed by atoms with Crippen LogP contribution in [0, 0.1) is 5.82 Å². The molecule has 1 heterocycles. The molecule has 3 rings (SSSR count). The Kier molecular flexibility index (Phi) is 2.94. The second kappa shape index (κ2) is 4.74. The number of anilines is 1. The van der Waals surface area contributed by atoms with E-state index < -0.39 is 0 Å². The van der Waals surface area contributed by atoms with E-state index in [-0.39, 0.29) is 5.82 Å². The molecular formula is C14H11FN2S. The fourth-order valence-corrected chi connectivity index (χ4v) is 2.59. The summed E-state index contributed by atoms with van der Waals surface area (Å²) in [6, 6.07) is 14.8. The maximum atomic E-state index is 13.0. The van der Waals surface area contributed by atoms with Crippen molar-refractivity contribution in [2.45, 2.75) is 6.54 Å². The van der Waals surface area contributed by atoms with Crippen molar-refractivity contribution >= 4 is 26.7 Å². The van der Waals surface area contributed by atoms with Crippen molar-refractivity contribution in [3.8, 4) is 0 Å². The Morgan fingerprint density at radius 1 is 1.11 bits per heavy atom. The summed E-state index contributed by atoms with van der Waals surface area (Å²) >= 11 is 1.54. The second-order valence-electron chi connectivity index (χ2n) is 3.97. The van der Waals surface area contributed by atoms with Crippen LogP contribution in [-0.4, -0.2) is 4.98 Å². The molecule has 0 atom stereocenters. The number of nitrogens with zero attached hydrogens (tertiary/aromatic N) is 1. The molecule has 0 amide bonds. The van der Waals surface area contributed by atoms with Gasteiger partial charge in [0.25, 0.3) is 0 Å². The lowest BCUT2D eigenvalue weighted by atomic mass is 10.2. The Labute approximate surface area is 108 Å². The summed E-state index contributed by atoms with van der Waals surface area (Å²) in [5.41, 5.74) is 1.90. The zero-order valence-corrected chi connectivity index (χ0v) is 10.4. The Morgan fingerprint density at radius 2 is 1.94 bits per heavy atom. The van der Waals surface area contributed by atoms with Gasteiger partial charge in [0, 0.05) is 12.6 Å². The molecule has 1 aromatic heterocycles. The SMILES string of the molecule is Fc1ccc2sc(NCc3ccccc3)nc2c1. The standard InChI is InChI=1S/C14H11FN2S/c15-11-6-7-13-12(8-11)17-14(18-13)16-9-10-4-2-1-3-5-10/h1-8H,9H2,(H,16,17). The number of hydrogen-bond acceptors (Lipinski definition) is 3. The van der Waals surface area contributed by atoms with Gasteiger partial charge in [0.1, 0.15) is 5.82 Å². The van der Waals surface area contributed by atoms with Gasteiger partial charge in [-0.2, -0.15) is 0 Å². The van der Waals surface area contributed by atoms with E-state index in [1.165, 1.54) is 29.0 Å². The summed E-state index contributed by atoms with van der Waals surface area (Å²) in [6.45, 7) is 0.725. The van der Waals surface area contributed by atoms with Gasteiger partial charge in [-0.3, -0.25) is 0 Å². The van der Waals surface area contributed by atoms with Crippen LogP contribution in [0.3, 0.4) is 0 Å². The fraction of sp³-hybridized carbons (Fsp3) is 0.0714. The van der Waals surface area contributed by atoms with Gasteiger partial charge < -0.3 is 5.32 Å². The molecule has 0 aliphatic heterocycles. The third kappa shape index (κ3) is 2.33. The van der Waals surface area contributed by atoms with Crippen molar-refractivity contribution in [2.75, 3.05) is 5.32 Å². The van der Waals surface area contributed by atoms with Crippen molar-refractivity contribution in [1.82, 2.24) is 4.98 Å². The summed E-state index contributed by atoms with van der Waals surface area (Å²) in [4.78, 5) is 4.36. The highest BCUT2D eigenvalue weighted by molar-refractivity contribution is 7.22. The Hall–Kier alpha value is -1.94. The first-order valence-electron chi connectivity index (χ1n) is 5.65. The molecule has 0 aliphatic carbocycles. The lowest BCUT2D eigenvalue weighted by molar-refractivity contribution is 0.629. The van der Waals surface area contributed by atoms with Crippen LogP contribution in [0.25, 0.3) is 10.2 Å². The van der Waals surface area contributed by atoms with Crippen molar-refractivity contribution in [2.24, 2.45) is 0 Å². The number of nitrogens with one attached hydrogen (secondary N) is 1. The highest BCUT2D eigenvalue weighted by Gasteiger charge is 2.04. The quantitative estimate of drug-likeness (QED) is 0.766. The molecule has 0 aliphatic rings. The zero-order valence-electron chi connectivity index (χ0n) is 9.56. The van der Waals surface area contributed by atoms with Crippen LogP contribution in [0.5, 0.6) is 0 Å². The third-order valence-electron chi connectivity index (χ3n) is 2.64. The predicted molar refractivity (Wildman–Crippen MR) is 73.3 cm³/mol. The highest BCUT2D eigenvalue weighted by atomic mass is 32.1. The molecule has 90 valence electrons. The Balaban J connectivity index is 1.79. The molecule has 18 heavy (non-hydrogen) atoms. The van der Waals surface area contributed by atoms with Crippen molar-refractivity contribution in [1.29, 1.82) is 0 Å². The predicted octanol–water partition coefficient (Wildman–Crippen LogP) is 4.05. The van der Waals surface area contributed by atoms with Gasteiger partial charge in [0.15, 0.2) is 5.13 Å². The third-order valence-corrected chi connectivity index (χ3v) is 3.63. The van der Waals surface area contributed by atoms with E-state index in [1.54, 1.807) is 6.07 Å². The summed E-state index contributed by atoms with van der Waals surface area (Å²) < 4.78 is 14.0. The second-order valence-corrected chi connectivity index (χ2v) is 5.00. The molecule has 0 saturated carbocycles. The van der Waals surface area contributed by atoms with Gasteiger partial charge >= 0.3 is 0 Å². The number of aromatic nitrogens is 1. The molecule has 3 aromatic rings. The van der Waals surface area contributed by atoms with E-state index in [9.17, 15) is 4.39 Å². The molecule has 0 fully saturated rings. The van der Waals surface area contributed by atoms with Gasteiger partial charge in [-0.15, -0.1) is 0 Å². The van der Waals surface area contributed by atoms with Crippen molar-refractivity contribution in [3.63, 3.8) is 0 Å². The van der Waals surface area contributed by atoms with Gasteiger partial charge in [0.05, 0.1) is 10.2 Å². The lowest BCUT2D eigenvalue weighted by Gasteiger charge is -2.01. The molecule has 1 N–H and O–H groups in total. The molecule has 0 spiro atoms.